The highest BCUT2D eigenvalue weighted by atomic mass is 79.9. The number of nitro benzene ring substituents is 1. The molecule has 29 heavy (non-hydrogen) atoms. The minimum Gasteiger partial charge on any atom is -0.483 e. The highest BCUT2D eigenvalue weighted by molar-refractivity contribution is 9.10. The van der Waals surface area contributed by atoms with Gasteiger partial charge in [0.1, 0.15) is 11.4 Å². The number of para-hydroxylation sites is 2. The average molecular weight is 463 g/mol. The van der Waals surface area contributed by atoms with Crippen LogP contribution in [0.15, 0.2) is 52.0 Å². The SMILES string of the molecule is C/C(CC(=O)Nc1ccccc1[N+](=O)[O-])=N\NC(=O)COc1ccc(Br)cc1C. The lowest BCUT2D eigenvalue weighted by atomic mass is 10.2. The summed E-state index contributed by atoms with van der Waals surface area (Å²) in [6, 6.07) is 11.2. The Kier molecular flexibility index (Phi) is 7.84. The number of nitrogens with one attached hydrogen (secondary N) is 2. The molecule has 152 valence electrons. The number of nitro groups is 1. The molecule has 0 spiro atoms. The van der Waals surface area contributed by atoms with Gasteiger partial charge in [0.15, 0.2) is 6.61 Å². The first-order valence-corrected chi connectivity index (χ1v) is 9.30. The molecule has 0 bridgehead atoms. The maximum absolute atomic E-state index is 12.1. The van der Waals surface area contributed by atoms with E-state index in [1.807, 2.05) is 13.0 Å². The Morgan fingerprint density at radius 3 is 2.62 bits per heavy atom. The van der Waals surface area contributed by atoms with E-state index in [9.17, 15) is 19.7 Å². The number of hydrogen-bond donors (Lipinski definition) is 2. The van der Waals surface area contributed by atoms with Gasteiger partial charge in [0.2, 0.25) is 5.91 Å². The molecule has 10 heteroatoms. The van der Waals surface area contributed by atoms with Crippen LogP contribution in [0.2, 0.25) is 0 Å². The van der Waals surface area contributed by atoms with Crippen LogP contribution in [0.5, 0.6) is 5.75 Å². The molecular formula is C19H19BrN4O5. The normalized spacial score (nSPS) is 10.9. The lowest BCUT2D eigenvalue weighted by Crippen LogP contribution is -2.26. The lowest BCUT2D eigenvalue weighted by molar-refractivity contribution is -0.383. The molecule has 2 aromatic carbocycles. The molecule has 2 N–H and O–H groups in total. The van der Waals surface area contributed by atoms with Crippen molar-refractivity contribution in [2.45, 2.75) is 20.3 Å². The Balaban J connectivity index is 1.84. The summed E-state index contributed by atoms with van der Waals surface area (Å²) >= 11 is 3.35. The third-order valence-electron chi connectivity index (χ3n) is 3.66. The van der Waals surface area contributed by atoms with Crippen molar-refractivity contribution in [3.8, 4) is 5.75 Å². The van der Waals surface area contributed by atoms with Gasteiger partial charge in [-0.15, -0.1) is 0 Å². The van der Waals surface area contributed by atoms with E-state index < -0.39 is 16.7 Å². The minimum absolute atomic E-state index is 0.0950. The Morgan fingerprint density at radius 2 is 1.93 bits per heavy atom. The van der Waals surface area contributed by atoms with E-state index in [0.717, 1.165) is 10.0 Å². The Bertz CT molecular complexity index is 961. The summed E-state index contributed by atoms with van der Waals surface area (Å²) in [5.74, 6) is -0.393. The second-order valence-electron chi connectivity index (χ2n) is 6.08. The Hall–Kier alpha value is -3.27. The van der Waals surface area contributed by atoms with Crippen LogP contribution in [0, 0.1) is 17.0 Å². The van der Waals surface area contributed by atoms with E-state index in [0.29, 0.717) is 11.5 Å². The van der Waals surface area contributed by atoms with Crippen molar-refractivity contribution in [1.82, 2.24) is 5.43 Å². The summed E-state index contributed by atoms with van der Waals surface area (Å²) in [5.41, 5.74) is 3.40. The Morgan fingerprint density at radius 1 is 1.21 bits per heavy atom. The summed E-state index contributed by atoms with van der Waals surface area (Å²) in [7, 11) is 0. The molecule has 0 saturated carbocycles. The molecule has 0 atom stereocenters. The Labute approximate surface area is 175 Å². The predicted octanol–water partition coefficient (Wildman–Crippen LogP) is 3.57. The fourth-order valence-electron chi connectivity index (χ4n) is 2.31. The number of halogens is 1. The minimum atomic E-state index is -0.579. The van der Waals surface area contributed by atoms with Gasteiger partial charge in [-0.1, -0.05) is 28.1 Å². The summed E-state index contributed by atoms with van der Waals surface area (Å²) in [6.07, 6.45) is -0.140. The van der Waals surface area contributed by atoms with Crippen molar-refractivity contribution in [3.05, 3.63) is 62.6 Å². The van der Waals surface area contributed by atoms with Crippen LogP contribution in [0.25, 0.3) is 0 Å². The number of rotatable bonds is 8. The van der Waals surface area contributed by atoms with Gasteiger partial charge in [-0.05, 0) is 43.7 Å². The standard InChI is InChI=1S/C19H19BrN4O5/c1-12-9-14(20)7-8-17(12)29-11-19(26)23-22-13(2)10-18(25)21-15-5-3-4-6-16(15)24(27)28/h3-9H,10-11H2,1-2H3,(H,21,25)(H,23,26)/b22-13+. The maximum Gasteiger partial charge on any atom is 0.292 e. The first-order chi connectivity index (χ1) is 13.8. The van der Waals surface area contributed by atoms with Crippen LogP contribution in [0.1, 0.15) is 18.9 Å². The van der Waals surface area contributed by atoms with Gasteiger partial charge in [-0.2, -0.15) is 5.10 Å². The van der Waals surface area contributed by atoms with E-state index in [-0.39, 0.29) is 24.4 Å². The molecule has 0 aliphatic heterocycles. The quantitative estimate of drug-likeness (QED) is 0.352. The molecule has 0 aliphatic rings. The molecule has 0 saturated heterocycles. The van der Waals surface area contributed by atoms with Crippen LogP contribution < -0.4 is 15.5 Å². The van der Waals surface area contributed by atoms with E-state index in [1.54, 1.807) is 25.1 Å². The van der Waals surface area contributed by atoms with Crippen molar-refractivity contribution in [2.75, 3.05) is 11.9 Å². The van der Waals surface area contributed by atoms with Gasteiger partial charge >= 0.3 is 0 Å². The number of carbonyl (C=O) groups excluding carboxylic acids is 2. The summed E-state index contributed by atoms with van der Waals surface area (Å²) in [4.78, 5) is 34.3. The number of nitrogens with zero attached hydrogens (tertiary/aromatic N) is 2. The van der Waals surface area contributed by atoms with Crippen molar-refractivity contribution in [2.24, 2.45) is 5.10 Å². The van der Waals surface area contributed by atoms with Gasteiger partial charge in [-0.3, -0.25) is 19.7 Å². The number of aryl methyl sites for hydroxylation is 1. The maximum atomic E-state index is 12.1. The molecule has 0 fully saturated rings. The summed E-state index contributed by atoms with van der Waals surface area (Å²) < 4.78 is 6.34. The number of anilines is 1. The topological polar surface area (TPSA) is 123 Å². The van der Waals surface area contributed by atoms with Gasteiger partial charge < -0.3 is 10.1 Å². The lowest BCUT2D eigenvalue weighted by Gasteiger charge is -2.09. The van der Waals surface area contributed by atoms with Crippen LogP contribution in [-0.4, -0.2) is 29.1 Å². The monoisotopic (exact) mass is 462 g/mol. The summed E-state index contributed by atoms with van der Waals surface area (Å²) in [6.45, 7) is 3.18. The van der Waals surface area contributed by atoms with Crippen molar-refractivity contribution in [1.29, 1.82) is 0 Å². The fourth-order valence-corrected chi connectivity index (χ4v) is 2.79. The molecule has 0 aromatic heterocycles. The zero-order valence-corrected chi connectivity index (χ0v) is 17.4. The van der Waals surface area contributed by atoms with Crippen LogP contribution in [0.4, 0.5) is 11.4 Å². The molecule has 9 nitrogen and oxygen atoms in total. The van der Waals surface area contributed by atoms with Gasteiger partial charge in [0.05, 0.1) is 11.3 Å². The first kappa shape index (κ1) is 22.0. The molecule has 0 unspecified atom stereocenters. The predicted molar refractivity (Wildman–Crippen MR) is 112 cm³/mol. The van der Waals surface area contributed by atoms with Crippen molar-refractivity contribution < 1.29 is 19.2 Å². The summed E-state index contributed by atoms with van der Waals surface area (Å²) in [5, 5.41) is 17.3. The zero-order chi connectivity index (χ0) is 21.4. The molecule has 0 heterocycles. The first-order valence-electron chi connectivity index (χ1n) is 8.50. The number of benzene rings is 2. The number of hydrogen-bond acceptors (Lipinski definition) is 6. The number of ether oxygens (including phenoxy) is 1. The van der Waals surface area contributed by atoms with Gasteiger partial charge in [-0.25, -0.2) is 5.43 Å². The average Bonchev–Trinajstić information content (AvgIpc) is 2.65. The van der Waals surface area contributed by atoms with Crippen molar-refractivity contribution in [3.63, 3.8) is 0 Å². The molecule has 2 rings (SSSR count). The van der Waals surface area contributed by atoms with E-state index >= 15 is 0 Å². The molecule has 0 radical (unpaired) electrons. The highest BCUT2D eigenvalue weighted by Crippen LogP contribution is 2.23. The van der Waals surface area contributed by atoms with Crippen molar-refractivity contribution >= 4 is 44.8 Å². The molecule has 0 aliphatic carbocycles. The number of amides is 2. The second-order valence-corrected chi connectivity index (χ2v) is 7.00. The largest absolute Gasteiger partial charge is 0.483 e. The van der Waals surface area contributed by atoms with Crippen LogP contribution in [-0.2, 0) is 9.59 Å². The van der Waals surface area contributed by atoms with Crippen LogP contribution >= 0.6 is 15.9 Å². The van der Waals surface area contributed by atoms with E-state index in [4.69, 9.17) is 4.74 Å². The molecule has 2 aromatic rings. The second kappa shape index (κ2) is 10.3. The van der Waals surface area contributed by atoms with Gasteiger partial charge in [0, 0.05) is 16.3 Å². The third kappa shape index (κ3) is 7.00. The highest BCUT2D eigenvalue weighted by Gasteiger charge is 2.15. The zero-order valence-electron chi connectivity index (χ0n) is 15.8. The van der Waals surface area contributed by atoms with Crippen LogP contribution in [0.3, 0.4) is 0 Å². The third-order valence-corrected chi connectivity index (χ3v) is 4.15. The van der Waals surface area contributed by atoms with Gasteiger partial charge in [0.25, 0.3) is 11.6 Å². The van der Waals surface area contributed by atoms with E-state index in [1.165, 1.54) is 18.2 Å². The fraction of sp³-hybridized carbons (Fsp3) is 0.211. The smallest absolute Gasteiger partial charge is 0.292 e. The molecular weight excluding hydrogens is 444 g/mol. The van der Waals surface area contributed by atoms with E-state index in [2.05, 4.69) is 31.8 Å². The number of carbonyl (C=O) groups is 2. The molecule has 2 amide bonds. The number of hydrazone groups is 1.